The third-order valence-electron chi connectivity index (χ3n) is 3.98. The van der Waals surface area contributed by atoms with Gasteiger partial charge in [0.2, 0.25) is 5.91 Å². The van der Waals surface area contributed by atoms with E-state index < -0.39 is 0 Å². The van der Waals surface area contributed by atoms with Gasteiger partial charge in [0.15, 0.2) is 5.96 Å². The molecule has 1 aromatic rings. The Bertz CT molecular complexity index is 528. The van der Waals surface area contributed by atoms with E-state index in [4.69, 9.17) is 4.74 Å². The summed E-state index contributed by atoms with van der Waals surface area (Å²) < 4.78 is 5.11. The van der Waals surface area contributed by atoms with Gasteiger partial charge in [-0.05, 0) is 30.5 Å². The fraction of sp³-hybridized carbons (Fsp3) is 0.529. The van der Waals surface area contributed by atoms with Gasteiger partial charge in [0.05, 0.1) is 13.7 Å². The fourth-order valence-corrected chi connectivity index (χ4v) is 2.63. The van der Waals surface area contributed by atoms with Gasteiger partial charge in [0.25, 0.3) is 0 Å². The van der Waals surface area contributed by atoms with Crippen LogP contribution in [0.4, 0.5) is 0 Å². The van der Waals surface area contributed by atoms with Crippen LogP contribution in [0, 0.1) is 0 Å². The van der Waals surface area contributed by atoms with Crippen LogP contribution in [0.5, 0.6) is 5.75 Å². The van der Waals surface area contributed by atoms with Crippen LogP contribution in [0.3, 0.4) is 0 Å². The van der Waals surface area contributed by atoms with E-state index in [1.807, 2.05) is 24.3 Å². The Hall–Kier alpha value is -1.51. The summed E-state index contributed by atoms with van der Waals surface area (Å²) in [5.41, 5.74) is 1.03. The van der Waals surface area contributed by atoms with Gasteiger partial charge in [0.1, 0.15) is 5.75 Å². The van der Waals surface area contributed by atoms with Crippen LogP contribution in [0.2, 0.25) is 0 Å². The highest BCUT2D eigenvalue weighted by molar-refractivity contribution is 14.0. The normalized spacial score (nSPS) is 14.7. The Morgan fingerprint density at radius 3 is 2.46 bits per heavy atom. The minimum atomic E-state index is -0.0600. The number of carbonyl (C=O) groups excluding carboxylic acids is 1. The second kappa shape index (κ2) is 11.1. The third kappa shape index (κ3) is 6.94. The largest absolute Gasteiger partial charge is 0.497 e. The Morgan fingerprint density at radius 1 is 1.21 bits per heavy atom. The number of amides is 1. The number of methoxy groups -OCH3 is 1. The fourth-order valence-electron chi connectivity index (χ4n) is 2.63. The highest BCUT2D eigenvalue weighted by Crippen LogP contribution is 2.17. The number of nitrogens with zero attached hydrogens (tertiary/aromatic N) is 1. The van der Waals surface area contributed by atoms with Gasteiger partial charge in [0, 0.05) is 19.6 Å². The van der Waals surface area contributed by atoms with E-state index in [9.17, 15) is 4.79 Å². The molecule has 0 radical (unpaired) electrons. The van der Waals surface area contributed by atoms with Crippen molar-refractivity contribution in [2.24, 2.45) is 4.99 Å². The van der Waals surface area contributed by atoms with Gasteiger partial charge >= 0.3 is 0 Å². The molecule has 1 aliphatic rings. The first kappa shape index (κ1) is 20.5. The zero-order valence-electron chi connectivity index (χ0n) is 14.3. The van der Waals surface area contributed by atoms with Crippen LogP contribution in [0.25, 0.3) is 0 Å². The molecular weight excluding hydrogens is 419 g/mol. The number of rotatable bonds is 6. The number of ether oxygens (including phenoxy) is 1. The van der Waals surface area contributed by atoms with Crippen LogP contribution in [0.1, 0.15) is 31.2 Å². The first-order chi connectivity index (χ1) is 11.2. The van der Waals surface area contributed by atoms with E-state index in [1.54, 1.807) is 14.2 Å². The van der Waals surface area contributed by atoms with E-state index in [-0.39, 0.29) is 36.4 Å². The average Bonchev–Trinajstić information content (AvgIpc) is 3.10. The molecule has 0 aliphatic heterocycles. The number of halogens is 1. The molecule has 0 unspecified atom stereocenters. The predicted octanol–water partition coefficient (Wildman–Crippen LogP) is 2.04. The molecule has 134 valence electrons. The van der Waals surface area contributed by atoms with Gasteiger partial charge < -0.3 is 20.7 Å². The van der Waals surface area contributed by atoms with Crippen molar-refractivity contribution in [3.05, 3.63) is 29.8 Å². The maximum absolute atomic E-state index is 11.9. The number of benzene rings is 1. The SMILES string of the molecule is CN=C(NCC(=O)NCc1ccc(OC)cc1)NC1CCCC1.I. The molecule has 0 spiro atoms. The van der Waals surface area contributed by atoms with Crippen LogP contribution < -0.4 is 20.7 Å². The molecule has 2 rings (SSSR count). The summed E-state index contributed by atoms with van der Waals surface area (Å²) in [4.78, 5) is 16.1. The topological polar surface area (TPSA) is 74.8 Å². The standard InChI is InChI=1S/C17H26N4O2.HI/c1-18-17(21-14-5-3-4-6-14)20-12-16(22)19-11-13-7-9-15(23-2)10-8-13;/h7-10,14H,3-6,11-12H2,1-2H3,(H,19,22)(H2,18,20,21);1H. The monoisotopic (exact) mass is 446 g/mol. The molecular formula is C17H27IN4O2. The van der Waals surface area contributed by atoms with Crippen molar-refractivity contribution in [1.82, 2.24) is 16.0 Å². The average molecular weight is 446 g/mol. The van der Waals surface area contributed by atoms with E-state index in [0.717, 1.165) is 11.3 Å². The van der Waals surface area contributed by atoms with Gasteiger partial charge in [-0.1, -0.05) is 25.0 Å². The summed E-state index contributed by atoms with van der Waals surface area (Å²) in [6.07, 6.45) is 4.86. The smallest absolute Gasteiger partial charge is 0.239 e. The zero-order chi connectivity index (χ0) is 16.5. The summed E-state index contributed by atoms with van der Waals surface area (Å²) in [5, 5.41) is 9.29. The number of nitrogens with one attached hydrogen (secondary N) is 3. The number of carbonyl (C=O) groups is 1. The molecule has 7 heteroatoms. The van der Waals surface area contributed by atoms with Crippen LogP contribution in [-0.2, 0) is 11.3 Å². The lowest BCUT2D eigenvalue weighted by Gasteiger charge is -2.16. The van der Waals surface area contributed by atoms with Crippen molar-refractivity contribution >= 4 is 35.8 Å². The maximum atomic E-state index is 11.9. The van der Waals surface area contributed by atoms with E-state index >= 15 is 0 Å². The van der Waals surface area contributed by atoms with E-state index in [0.29, 0.717) is 18.5 Å². The van der Waals surface area contributed by atoms with Crippen molar-refractivity contribution in [3.8, 4) is 5.75 Å². The molecule has 24 heavy (non-hydrogen) atoms. The summed E-state index contributed by atoms with van der Waals surface area (Å²) >= 11 is 0. The second-order valence-corrected chi connectivity index (χ2v) is 5.68. The minimum absolute atomic E-state index is 0. The Balaban J connectivity index is 0.00000288. The Labute approximate surface area is 160 Å². The van der Waals surface area contributed by atoms with Crippen LogP contribution >= 0.6 is 24.0 Å². The molecule has 0 saturated heterocycles. The highest BCUT2D eigenvalue weighted by atomic mass is 127. The first-order valence-corrected chi connectivity index (χ1v) is 8.08. The Kier molecular flexibility index (Phi) is 9.51. The molecule has 1 saturated carbocycles. The van der Waals surface area contributed by atoms with Crippen molar-refractivity contribution < 1.29 is 9.53 Å². The first-order valence-electron chi connectivity index (χ1n) is 8.08. The van der Waals surface area contributed by atoms with Crippen molar-refractivity contribution in [3.63, 3.8) is 0 Å². The van der Waals surface area contributed by atoms with Crippen LogP contribution in [-0.4, -0.2) is 38.6 Å². The second-order valence-electron chi connectivity index (χ2n) is 5.68. The molecule has 1 aliphatic carbocycles. The van der Waals surface area contributed by atoms with Gasteiger partial charge in [-0.25, -0.2) is 0 Å². The zero-order valence-corrected chi connectivity index (χ0v) is 16.6. The molecule has 6 nitrogen and oxygen atoms in total. The van der Waals surface area contributed by atoms with Crippen molar-refractivity contribution in [2.45, 2.75) is 38.3 Å². The molecule has 1 aromatic carbocycles. The van der Waals surface area contributed by atoms with Gasteiger partial charge in [-0.3, -0.25) is 9.79 Å². The summed E-state index contributed by atoms with van der Waals surface area (Å²) in [7, 11) is 3.36. The predicted molar refractivity (Wildman–Crippen MR) is 107 cm³/mol. The van der Waals surface area contributed by atoms with E-state index in [2.05, 4.69) is 20.9 Å². The molecule has 1 fully saturated rings. The number of guanidine groups is 1. The third-order valence-corrected chi connectivity index (χ3v) is 3.98. The van der Waals surface area contributed by atoms with Crippen molar-refractivity contribution in [2.75, 3.05) is 20.7 Å². The van der Waals surface area contributed by atoms with Gasteiger partial charge in [-0.15, -0.1) is 24.0 Å². The summed E-state index contributed by atoms with van der Waals surface area (Å²) in [6.45, 7) is 0.710. The lowest BCUT2D eigenvalue weighted by molar-refractivity contribution is -0.120. The maximum Gasteiger partial charge on any atom is 0.239 e. The van der Waals surface area contributed by atoms with E-state index in [1.165, 1.54) is 25.7 Å². The minimum Gasteiger partial charge on any atom is -0.497 e. The quantitative estimate of drug-likeness (QED) is 0.355. The Morgan fingerprint density at radius 2 is 1.88 bits per heavy atom. The van der Waals surface area contributed by atoms with Crippen LogP contribution in [0.15, 0.2) is 29.3 Å². The highest BCUT2D eigenvalue weighted by Gasteiger charge is 2.16. The molecule has 0 bridgehead atoms. The number of hydrogen-bond acceptors (Lipinski definition) is 3. The molecule has 0 aromatic heterocycles. The summed E-state index contributed by atoms with van der Waals surface area (Å²) in [6, 6.07) is 8.11. The summed E-state index contributed by atoms with van der Waals surface area (Å²) in [5.74, 6) is 1.44. The molecule has 0 heterocycles. The number of aliphatic imine (C=N–C) groups is 1. The molecule has 3 N–H and O–H groups in total. The molecule has 1 amide bonds. The number of hydrogen-bond donors (Lipinski definition) is 3. The lowest BCUT2D eigenvalue weighted by Crippen LogP contribution is -2.46. The molecule has 0 atom stereocenters. The lowest BCUT2D eigenvalue weighted by atomic mass is 10.2. The van der Waals surface area contributed by atoms with Crippen molar-refractivity contribution in [1.29, 1.82) is 0 Å². The van der Waals surface area contributed by atoms with Gasteiger partial charge in [-0.2, -0.15) is 0 Å².